The molecule has 1 heterocycles. The van der Waals surface area contributed by atoms with Gasteiger partial charge in [-0.15, -0.1) is 5.10 Å². The van der Waals surface area contributed by atoms with Crippen LogP contribution in [-0.4, -0.2) is 41.7 Å². The van der Waals surface area contributed by atoms with Crippen molar-refractivity contribution in [3.63, 3.8) is 0 Å². The molecule has 0 amide bonds. The quantitative estimate of drug-likeness (QED) is 0.802. The maximum atomic E-state index is 12.3. The minimum Gasteiger partial charge on any atom is -0.396 e. The topological polar surface area (TPSA) is 97.1 Å². The minimum atomic E-state index is -3.70. The van der Waals surface area contributed by atoms with Crippen molar-refractivity contribution < 1.29 is 13.5 Å². The van der Waals surface area contributed by atoms with Crippen molar-refractivity contribution in [2.45, 2.75) is 37.1 Å². The normalized spacial score (nSPS) is 19.1. The van der Waals surface area contributed by atoms with Crippen LogP contribution in [0.5, 0.6) is 0 Å². The number of hydrogen-bond donors (Lipinski definition) is 2. The van der Waals surface area contributed by atoms with Gasteiger partial charge in [0.2, 0.25) is 5.03 Å². The SMILES string of the molecule is Cn1nnc(Br)c1S(=O)(=O)NCC1(CO)CCCCC1. The highest BCUT2D eigenvalue weighted by atomic mass is 79.9. The molecule has 0 saturated heterocycles. The molecule has 0 aromatic carbocycles. The fourth-order valence-electron chi connectivity index (χ4n) is 2.62. The zero-order valence-corrected chi connectivity index (χ0v) is 13.7. The molecule has 1 aliphatic carbocycles. The van der Waals surface area contributed by atoms with E-state index in [1.54, 1.807) is 0 Å². The van der Waals surface area contributed by atoms with Crippen LogP contribution in [0.2, 0.25) is 0 Å². The third kappa shape index (κ3) is 3.21. The first kappa shape index (κ1) is 15.9. The van der Waals surface area contributed by atoms with Crippen molar-refractivity contribution in [3.8, 4) is 0 Å². The summed E-state index contributed by atoms with van der Waals surface area (Å²) in [5.74, 6) is 0. The lowest BCUT2D eigenvalue weighted by Crippen LogP contribution is -2.41. The van der Waals surface area contributed by atoms with Crippen LogP contribution in [0.15, 0.2) is 9.63 Å². The van der Waals surface area contributed by atoms with Crippen LogP contribution in [0.1, 0.15) is 32.1 Å². The molecule has 1 aromatic rings. The molecule has 1 aromatic heterocycles. The molecule has 1 aliphatic rings. The van der Waals surface area contributed by atoms with E-state index in [9.17, 15) is 13.5 Å². The molecule has 0 atom stereocenters. The summed E-state index contributed by atoms with van der Waals surface area (Å²) in [7, 11) is -2.17. The second-order valence-corrected chi connectivity index (χ2v) is 7.79. The lowest BCUT2D eigenvalue weighted by Gasteiger charge is -2.35. The Morgan fingerprint density at radius 1 is 1.40 bits per heavy atom. The summed E-state index contributed by atoms with van der Waals surface area (Å²) < 4.78 is 28.6. The van der Waals surface area contributed by atoms with Crippen LogP contribution in [0.25, 0.3) is 0 Å². The van der Waals surface area contributed by atoms with E-state index >= 15 is 0 Å². The van der Waals surface area contributed by atoms with Crippen molar-refractivity contribution in [1.29, 1.82) is 0 Å². The van der Waals surface area contributed by atoms with Gasteiger partial charge in [0.1, 0.15) is 0 Å². The van der Waals surface area contributed by atoms with Crippen LogP contribution >= 0.6 is 15.9 Å². The lowest BCUT2D eigenvalue weighted by molar-refractivity contribution is 0.0867. The number of nitrogens with one attached hydrogen (secondary N) is 1. The number of nitrogens with zero attached hydrogens (tertiary/aromatic N) is 3. The number of aliphatic hydroxyl groups excluding tert-OH is 1. The first-order valence-corrected chi connectivity index (χ1v) is 8.84. The number of aliphatic hydroxyl groups is 1. The van der Waals surface area contributed by atoms with Crippen molar-refractivity contribution >= 4 is 26.0 Å². The number of aromatic nitrogens is 3. The number of rotatable bonds is 5. The third-order valence-electron chi connectivity index (χ3n) is 3.88. The highest BCUT2D eigenvalue weighted by Gasteiger charge is 2.34. The van der Waals surface area contributed by atoms with Crippen LogP contribution in [-0.2, 0) is 17.1 Å². The molecular formula is C11H19BrN4O3S. The molecule has 1 saturated carbocycles. The molecule has 1 fully saturated rings. The molecule has 0 radical (unpaired) electrons. The Morgan fingerprint density at radius 3 is 2.55 bits per heavy atom. The Labute approximate surface area is 126 Å². The molecule has 9 heteroatoms. The smallest absolute Gasteiger partial charge is 0.260 e. The Balaban J connectivity index is 2.13. The van der Waals surface area contributed by atoms with Gasteiger partial charge in [0.25, 0.3) is 10.0 Å². The Morgan fingerprint density at radius 2 is 2.05 bits per heavy atom. The molecule has 2 rings (SSSR count). The first-order chi connectivity index (χ1) is 9.40. The van der Waals surface area contributed by atoms with Gasteiger partial charge in [-0.3, -0.25) is 0 Å². The fourth-order valence-corrected chi connectivity index (χ4v) is 4.86. The first-order valence-electron chi connectivity index (χ1n) is 6.56. The molecule has 20 heavy (non-hydrogen) atoms. The van der Waals surface area contributed by atoms with E-state index in [0.717, 1.165) is 32.1 Å². The van der Waals surface area contributed by atoms with Crippen molar-refractivity contribution in [2.75, 3.05) is 13.2 Å². The predicted molar refractivity (Wildman–Crippen MR) is 76.5 cm³/mol. The number of aryl methyl sites for hydroxylation is 1. The molecular weight excluding hydrogens is 348 g/mol. The van der Waals surface area contributed by atoms with Crippen molar-refractivity contribution in [2.24, 2.45) is 12.5 Å². The molecule has 0 bridgehead atoms. The lowest BCUT2D eigenvalue weighted by atomic mass is 9.75. The molecule has 114 valence electrons. The second-order valence-electron chi connectivity index (χ2n) is 5.35. The van der Waals surface area contributed by atoms with Crippen LogP contribution in [0.4, 0.5) is 0 Å². The van der Waals surface area contributed by atoms with E-state index in [1.807, 2.05) is 0 Å². The summed E-state index contributed by atoms with van der Waals surface area (Å²) in [6.07, 6.45) is 4.89. The van der Waals surface area contributed by atoms with E-state index in [-0.39, 0.29) is 28.2 Å². The van der Waals surface area contributed by atoms with E-state index in [2.05, 4.69) is 31.0 Å². The summed E-state index contributed by atoms with van der Waals surface area (Å²) in [5, 5.41) is 16.9. The molecule has 0 unspecified atom stereocenters. The molecule has 2 N–H and O–H groups in total. The average Bonchev–Trinajstić information content (AvgIpc) is 2.78. The van der Waals surface area contributed by atoms with Gasteiger partial charge in [0.15, 0.2) is 4.60 Å². The maximum Gasteiger partial charge on any atom is 0.260 e. The summed E-state index contributed by atoms with van der Waals surface area (Å²) >= 11 is 3.09. The highest BCUT2D eigenvalue weighted by molar-refractivity contribution is 9.10. The van der Waals surface area contributed by atoms with E-state index in [1.165, 1.54) is 11.7 Å². The third-order valence-corrected chi connectivity index (χ3v) is 6.17. The molecule has 0 spiro atoms. The average molecular weight is 367 g/mol. The Bertz CT molecular complexity index is 547. The largest absolute Gasteiger partial charge is 0.396 e. The van der Waals surface area contributed by atoms with Gasteiger partial charge in [-0.1, -0.05) is 24.5 Å². The van der Waals surface area contributed by atoms with Gasteiger partial charge in [-0.05, 0) is 28.8 Å². The summed E-state index contributed by atoms with van der Waals surface area (Å²) in [6.45, 7) is 0.240. The standard InChI is InChI=1S/C11H19BrN4O3S/c1-16-10(9(12)14-15-16)20(18,19)13-7-11(8-17)5-3-2-4-6-11/h13,17H,2-8H2,1H3. The number of halogens is 1. The van der Waals surface area contributed by atoms with Gasteiger partial charge in [-0.2, -0.15) is 0 Å². The monoisotopic (exact) mass is 366 g/mol. The second kappa shape index (κ2) is 6.08. The maximum absolute atomic E-state index is 12.3. The van der Waals surface area contributed by atoms with E-state index in [0.29, 0.717) is 0 Å². The number of hydrogen-bond acceptors (Lipinski definition) is 5. The minimum absolute atomic E-state index is 0.000324. The zero-order valence-electron chi connectivity index (χ0n) is 11.3. The van der Waals surface area contributed by atoms with Gasteiger partial charge >= 0.3 is 0 Å². The van der Waals surface area contributed by atoms with Gasteiger partial charge in [0.05, 0.1) is 0 Å². The predicted octanol–water partition coefficient (Wildman–Crippen LogP) is 0.799. The van der Waals surface area contributed by atoms with Crippen LogP contribution < -0.4 is 4.72 Å². The van der Waals surface area contributed by atoms with Gasteiger partial charge < -0.3 is 5.11 Å². The van der Waals surface area contributed by atoms with Gasteiger partial charge in [-0.25, -0.2) is 17.8 Å². The van der Waals surface area contributed by atoms with Crippen LogP contribution in [0, 0.1) is 5.41 Å². The van der Waals surface area contributed by atoms with Gasteiger partial charge in [0, 0.05) is 25.6 Å². The molecule has 0 aliphatic heterocycles. The van der Waals surface area contributed by atoms with E-state index < -0.39 is 10.0 Å². The fraction of sp³-hybridized carbons (Fsp3) is 0.818. The zero-order chi connectivity index (χ0) is 14.8. The van der Waals surface area contributed by atoms with E-state index in [4.69, 9.17) is 0 Å². The Kier molecular flexibility index (Phi) is 4.83. The number of sulfonamides is 1. The summed E-state index contributed by atoms with van der Waals surface area (Å²) in [6, 6.07) is 0. The van der Waals surface area contributed by atoms with Crippen molar-refractivity contribution in [1.82, 2.24) is 19.7 Å². The van der Waals surface area contributed by atoms with Crippen molar-refractivity contribution in [3.05, 3.63) is 4.60 Å². The summed E-state index contributed by atoms with van der Waals surface area (Å²) in [4.78, 5) is 0. The summed E-state index contributed by atoms with van der Waals surface area (Å²) in [5.41, 5.74) is -0.343. The highest BCUT2D eigenvalue weighted by Crippen LogP contribution is 2.35. The Hall–Kier alpha value is -0.510. The van der Waals surface area contributed by atoms with Crippen LogP contribution in [0.3, 0.4) is 0 Å². The molecule has 7 nitrogen and oxygen atoms in total.